The van der Waals surface area contributed by atoms with E-state index in [9.17, 15) is 9.59 Å². The van der Waals surface area contributed by atoms with Gasteiger partial charge in [-0.1, -0.05) is 30.3 Å². The summed E-state index contributed by atoms with van der Waals surface area (Å²) < 4.78 is 4.52. The van der Waals surface area contributed by atoms with Gasteiger partial charge in [0, 0.05) is 5.56 Å². The maximum absolute atomic E-state index is 11.8. The van der Waals surface area contributed by atoms with Crippen molar-refractivity contribution in [3.63, 3.8) is 0 Å². The molecule has 0 saturated carbocycles. The van der Waals surface area contributed by atoms with Gasteiger partial charge in [0.15, 0.2) is 11.8 Å². The van der Waals surface area contributed by atoms with E-state index < -0.39 is 12.0 Å². The molecule has 0 heterocycles. The molecule has 80 valence electrons. The van der Waals surface area contributed by atoms with E-state index in [1.165, 1.54) is 7.11 Å². The molecule has 1 aromatic rings. The number of methoxy groups -OCH3 is 1. The molecule has 4 nitrogen and oxygen atoms in total. The summed E-state index contributed by atoms with van der Waals surface area (Å²) >= 11 is 0. The second-order valence-corrected chi connectivity index (χ2v) is 2.98. The first-order chi connectivity index (χ1) is 7.20. The molecule has 15 heavy (non-hydrogen) atoms. The highest BCUT2D eigenvalue weighted by atomic mass is 16.5. The number of hydrogen-bond donors (Lipinski definition) is 1. The summed E-state index contributed by atoms with van der Waals surface area (Å²) in [6.07, 6.45) is 0. The molecule has 1 atom stereocenters. The van der Waals surface area contributed by atoms with Crippen LogP contribution in [0.4, 0.5) is 0 Å². The number of nitrogens with one attached hydrogen (secondary N) is 1. The molecule has 0 fully saturated rings. The van der Waals surface area contributed by atoms with Crippen molar-refractivity contribution in [3.05, 3.63) is 35.9 Å². The van der Waals surface area contributed by atoms with Gasteiger partial charge in [-0.15, -0.1) is 0 Å². The van der Waals surface area contributed by atoms with Gasteiger partial charge in [0.1, 0.15) is 0 Å². The van der Waals surface area contributed by atoms with Crippen LogP contribution in [0.25, 0.3) is 0 Å². The highest BCUT2D eigenvalue weighted by molar-refractivity contribution is 6.11. The number of Topliss-reactive ketones (excluding diaryl/α,β-unsaturated/α-hetero) is 1. The first-order valence-corrected chi connectivity index (χ1v) is 4.55. The summed E-state index contributed by atoms with van der Waals surface area (Å²) in [6, 6.07) is 7.70. The molecule has 1 unspecified atom stereocenters. The Bertz CT molecular complexity index is 348. The van der Waals surface area contributed by atoms with Gasteiger partial charge in [-0.25, -0.2) is 4.79 Å². The second kappa shape index (κ2) is 5.26. The molecule has 1 N–H and O–H groups in total. The highest BCUT2D eigenvalue weighted by Crippen LogP contribution is 2.04. The van der Waals surface area contributed by atoms with E-state index in [-0.39, 0.29) is 5.78 Å². The van der Waals surface area contributed by atoms with Gasteiger partial charge in [-0.3, -0.25) is 4.79 Å². The number of likely N-dealkylation sites (N-methyl/N-ethyl adjacent to an activating group) is 1. The van der Waals surface area contributed by atoms with Crippen molar-refractivity contribution >= 4 is 11.8 Å². The monoisotopic (exact) mass is 207 g/mol. The average Bonchev–Trinajstić information content (AvgIpc) is 2.30. The quantitative estimate of drug-likeness (QED) is 0.447. The summed E-state index contributed by atoms with van der Waals surface area (Å²) in [4.78, 5) is 23.1. The Morgan fingerprint density at radius 3 is 2.33 bits per heavy atom. The Labute approximate surface area is 88.2 Å². The minimum atomic E-state index is -0.933. The van der Waals surface area contributed by atoms with Crippen LogP contribution in [0.3, 0.4) is 0 Å². The molecule has 0 bridgehead atoms. The zero-order valence-electron chi connectivity index (χ0n) is 8.69. The van der Waals surface area contributed by atoms with Crippen LogP contribution in [-0.2, 0) is 9.53 Å². The van der Waals surface area contributed by atoms with E-state index in [4.69, 9.17) is 0 Å². The van der Waals surface area contributed by atoms with Crippen LogP contribution < -0.4 is 5.32 Å². The van der Waals surface area contributed by atoms with Crippen LogP contribution in [0.1, 0.15) is 10.4 Å². The number of esters is 1. The van der Waals surface area contributed by atoms with Crippen molar-refractivity contribution in [3.8, 4) is 0 Å². The standard InChI is InChI=1S/C11H13NO3/c1-12-9(11(14)15-2)10(13)8-6-4-3-5-7-8/h3-7,9,12H,1-2H3. The van der Waals surface area contributed by atoms with Gasteiger partial charge in [0.2, 0.25) is 0 Å². The minimum Gasteiger partial charge on any atom is -0.468 e. The zero-order valence-corrected chi connectivity index (χ0v) is 8.69. The Kier molecular flexibility index (Phi) is 4.00. The normalized spacial score (nSPS) is 11.9. The third-order valence-electron chi connectivity index (χ3n) is 2.05. The first-order valence-electron chi connectivity index (χ1n) is 4.55. The van der Waals surface area contributed by atoms with Crippen molar-refractivity contribution in [1.82, 2.24) is 5.32 Å². The molecular formula is C11H13NO3. The van der Waals surface area contributed by atoms with Gasteiger partial charge < -0.3 is 10.1 Å². The first kappa shape index (κ1) is 11.4. The molecule has 0 radical (unpaired) electrons. The van der Waals surface area contributed by atoms with E-state index in [1.807, 2.05) is 6.07 Å². The number of carbonyl (C=O) groups excluding carboxylic acids is 2. The molecule has 0 aliphatic carbocycles. The fraction of sp³-hybridized carbons (Fsp3) is 0.273. The molecule has 0 aliphatic heterocycles. The largest absolute Gasteiger partial charge is 0.468 e. The summed E-state index contributed by atoms with van der Waals surface area (Å²) in [7, 11) is 2.80. The second-order valence-electron chi connectivity index (χ2n) is 2.98. The van der Waals surface area contributed by atoms with Crippen molar-refractivity contribution < 1.29 is 14.3 Å². The number of ketones is 1. The predicted molar refractivity (Wildman–Crippen MR) is 55.6 cm³/mol. The molecule has 0 saturated heterocycles. The van der Waals surface area contributed by atoms with Crippen molar-refractivity contribution in [2.24, 2.45) is 0 Å². The number of carbonyl (C=O) groups is 2. The van der Waals surface area contributed by atoms with Crippen molar-refractivity contribution in [2.45, 2.75) is 6.04 Å². The molecular weight excluding hydrogens is 194 g/mol. The summed E-state index contributed by atoms with van der Waals surface area (Å²) in [5, 5.41) is 2.63. The van der Waals surface area contributed by atoms with Crippen LogP contribution >= 0.6 is 0 Å². The molecule has 4 heteroatoms. The van der Waals surface area contributed by atoms with Gasteiger partial charge in [0.05, 0.1) is 7.11 Å². The fourth-order valence-electron chi connectivity index (χ4n) is 1.24. The van der Waals surface area contributed by atoms with Gasteiger partial charge in [-0.05, 0) is 7.05 Å². The smallest absolute Gasteiger partial charge is 0.331 e. The van der Waals surface area contributed by atoms with E-state index in [0.717, 1.165) is 0 Å². The van der Waals surface area contributed by atoms with Crippen LogP contribution in [0.5, 0.6) is 0 Å². The van der Waals surface area contributed by atoms with E-state index >= 15 is 0 Å². The Balaban J connectivity index is 2.87. The van der Waals surface area contributed by atoms with E-state index in [0.29, 0.717) is 5.56 Å². The van der Waals surface area contributed by atoms with Crippen LogP contribution in [0, 0.1) is 0 Å². The number of hydrogen-bond acceptors (Lipinski definition) is 4. The lowest BCUT2D eigenvalue weighted by molar-refractivity contribution is -0.141. The maximum Gasteiger partial charge on any atom is 0.331 e. The lowest BCUT2D eigenvalue weighted by Crippen LogP contribution is -2.42. The number of benzene rings is 1. The average molecular weight is 207 g/mol. The number of ether oxygens (including phenoxy) is 1. The summed E-state index contributed by atoms with van der Waals surface area (Å²) in [5.74, 6) is -0.865. The molecule has 0 aromatic heterocycles. The summed E-state index contributed by atoms with van der Waals surface area (Å²) in [5.41, 5.74) is 0.488. The fourth-order valence-corrected chi connectivity index (χ4v) is 1.24. The van der Waals surface area contributed by atoms with Gasteiger partial charge in [0.25, 0.3) is 0 Å². The Hall–Kier alpha value is -1.68. The van der Waals surface area contributed by atoms with Crippen molar-refractivity contribution in [2.75, 3.05) is 14.2 Å². The number of rotatable bonds is 4. The zero-order chi connectivity index (χ0) is 11.3. The van der Waals surface area contributed by atoms with E-state index in [2.05, 4.69) is 10.1 Å². The Morgan fingerprint density at radius 2 is 1.87 bits per heavy atom. The molecule has 0 spiro atoms. The topological polar surface area (TPSA) is 55.4 Å². The van der Waals surface area contributed by atoms with Gasteiger partial charge in [-0.2, -0.15) is 0 Å². The molecule has 1 rings (SSSR count). The predicted octanol–water partition coefficient (Wildman–Crippen LogP) is 0.630. The SMILES string of the molecule is CNC(C(=O)OC)C(=O)c1ccccc1. The third kappa shape index (κ3) is 2.63. The van der Waals surface area contributed by atoms with Crippen LogP contribution in [-0.4, -0.2) is 32.0 Å². The van der Waals surface area contributed by atoms with Crippen LogP contribution in [0.2, 0.25) is 0 Å². The molecule has 1 aromatic carbocycles. The maximum atomic E-state index is 11.8. The lowest BCUT2D eigenvalue weighted by Gasteiger charge is -2.11. The van der Waals surface area contributed by atoms with Crippen molar-refractivity contribution in [1.29, 1.82) is 0 Å². The minimum absolute atomic E-state index is 0.287. The van der Waals surface area contributed by atoms with Gasteiger partial charge >= 0.3 is 5.97 Å². The highest BCUT2D eigenvalue weighted by Gasteiger charge is 2.26. The van der Waals surface area contributed by atoms with E-state index in [1.54, 1.807) is 31.3 Å². The lowest BCUT2D eigenvalue weighted by atomic mass is 10.0. The summed E-state index contributed by atoms with van der Waals surface area (Å²) in [6.45, 7) is 0. The third-order valence-corrected chi connectivity index (χ3v) is 2.05. The van der Waals surface area contributed by atoms with Crippen LogP contribution in [0.15, 0.2) is 30.3 Å². The molecule has 0 amide bonds. The molecule has 0 aliphatic rings. The Morgan fingerprint density at radius 1 is 1.27 bits per heavy atom.